The minimum Gasteiger partial charge on any atom is -0.399 e. The van der Waals surface area contributed by atoms with Gasteiger partial charge in [0.2, 0.25) is 5.91 Å². The number of rotatable bonds is 6. The van der Waals surface area contributed by atoms with E-state index in [1.807, 2.05) is 12.1 Å². The molecule has 1 rings (SSSR count). The summed E-state index contributed by atoms with van der Waals surface area (Å²) in [5, 5.41) is 0.651. The van der Waals surface area contributed by atoms with E-state index in [0.29, 0.717) is 23.8 Å². The first-order chi connectivity index (χ1) is 8.93. The van der Waals surface area contributed by atoms with Gasteiger partial charge >= 0.3 is 0 Å². The molecule has 0 spiro atoms. The average Bonchev–Trinajstić information content (AvgIpc) is 2.32. The van der Waals surface area contributed by atoms with Gasteiger partial charge in [0, 0.05) is 31.4 Å². The number of benzene rings is 1. The van der Waals surface area contributed by atoms with E-state index in [1.54, 1.807) is 25.1 Å². The zero-order valence-electron chi connectivity index (χ0n) is 11.8. The number of carbonyl (C=O) groups is 1. The number of nitrogens with zero attached hydrogens (tertiary/aromatic N) is 2. The van der Waals surface area contributed by atoms with Crippen molar-refractivity contribution in [2.24, 2.45) is 0 Å². The maximum absolute atomic E-state index is 11.8. The lowest BCUT2D eigenvalue weighted by atomic mass is 10.2. The molecule has 2 N–H and O–H groups in total. The second kappa shape index (κ2) is 7.36. The molecule has 0 unspecified atom stereocenters. The summed E-state index contributed by atoms with van der Waals surface area (Å²) in [6, 6.07) is 5.49. The minimum atomic E-state index is 0.0972. The van der Waals surface area contributed by atoms with Crippen LogP contribution in [0, 0.1) is 0 Å². The molecule has 0 saturated carbocycles. The van der Waals surface area contributed by atoms with Gasteiger partial charge < -0.3 is 10.6 Å². The maximum Gasteiger partial charge on any atom is 0.236 e. The molecule has 0 fully saturated rings. The highest BCUT2D eigenvalue weighted by Gasteiger charge is 2.13. The van der Waals surface area contributed by atoms with Gasteiger partial charge in [-0.05, 0) is 30.7 Å². The Labute approximate surface area is 120 Å². The van der Waals surface area contributed by atoms with E-state index < -0.39 is 0 Å². The number of amides is 1. The minimum absolute atomic E-state index is 0.0972. The molecule has 1 aromatic rings. The Morgan fingerprint density at radius 2 is 2.05 bits per heavy atom. The van der Waals surface area contributed by atoms with E-state index in [9.17, 15) is 4.79 Å². The highest BCUT2D eigenvalue weighted by Crippen LogP contribution is 2.20. The van der Waals surface area contributed by atoms with Crippen LogP contribution < -0.4 is 5.73 Å². The number of anilines is 1. The summed E-state index contributed by atoms with van der Waals surface area (Å²) in [5.41, 5.74) is 7.33. The van der Waals surface area contributed by atoms with Gasteiger partial charge in [0.1, 0.15) is 0 Å². The summed E-state index contributed by atoms with van der Waals surface area (Å²) in [6.07, 6.45) is 0.993. The molecule has 1 amide bonds. The van der Waals surface area contributed by atoms with Gasteiger partial charge in [0.15, 0.2) is 0 Å². The van der Waals surface area contributed by atoms with Crippen LogP contribution in [-0.2, 0) is 11.3 Å². The Hall–Kier alpha value is -1.26. The third-order valence-corrected chi connectivity index (χ3v) is 3.22. The van der Waals surface area contributed by atoms with Crippen LogP contribution in [0.5, 0.6) is 0 Å². The van der Waals surface area contributed by atoms with Gasteiger partial charge in [0.25, 0.3) is 0 Å². The fourth-order valence-electron chi connectivity index (χ4n) is 1.80. The van der Waals surface area contributed by atoms with Gasteiger partial charge in [-0.2, -0.15) is 0 Å². The predicted molar refractivity (Wildman–Crippen MR) is 80.1 cm³/mol. The van der Waals surface area contributed by atoms with E-state index in [0.717, 1.165) is 18.5 Å². The van der Waals surface area contributed by atoms with Crippen LogP contribution in [0.1, 0.15) is 18.9 Å². The van der Waals surface area contributed by atoms with Crippen LogP contribution in [0.15, 0.2) is 18.2 Å². The van der Waals surface area contributed by atoms with Crippen LogP contribution in [-0.4, -0.2) is 42.9 Å². The van der Waals surface area contributed by atoms with Crippen LogP contribution in [0.25, 0.3) is 0 Å². The van der Waals surface area contributed by atoms with Crippen molar-refractivity contribution >= 4 is 23.2 Å². The monoisotopic (exact) mass is 283 g/mol. The Morgan fingerprint density at radius 1 is 1.37 bits per heavy atom. The molecule has 0 aromatic heterocycles. The summed E-state index contributed by atoms with van der Waals surface area (Å²) in [4.78, 5) is 15.5. The Bertz CT molecular complexity index is 435. The number of nitrogens with two attached hydrogens (primary N) is 1. The molecule has 106 valence electrons. The van der Waals surface area contributed by atoms with E-state index in [4.69, 9.17) is 17.3 Å². The van der Waals surface area contributed by atoms with E-state index >= 15 is 0 Å². The van der Waals surface area contributed by atoms with Gasteiger partial charge in [-0.3, -0.25) is 9.69 Å². The van der Waals surface area contributed by atoms with Crippen LogP contribution in [0.4, 0.5) is 5.69 Å². The molecule has 4 nitrogen and oxygen atoms in total. The SMILES string of the molecule is CCCN(CC(=O)N(C)C)Cc1ccc(N)cc1Cl. The smallest absolute Gasteiger partial charge is 0.236 e. The van der Waals surface area contributed by atoms with Crippen LogP contribution in [0.3, 0.4) is 0 Å². The number of halogens is 1. The molecule has 0 saturated heterocycles. The molecule has 0 radical (unpaired) electrons. The van der Waals surface area contributed by atoms with Gasteiger partial charge in [-0.15, -0.1) is 0 Å². The normalized spacial score (nSPS) is 10.8. The first-order valence-corrected chi connectivity index (χ1v) is 6.78. The number of hydrogen-bond donors (Lipinski definition) is 1. The zero-order valence-corrected chi connectivity index (χ0v) is 12.6. The van der Waals surface area contributed by atoms with Crippen molar-refractivity contribution in [1.29, 1.82) is 0 Å². The van der Waals surface area contributed by atoms with Crippen molar-refractivity contribution in [3.05, 3.63) is 28.8 Å². The molecular weight excluding hydrogens is 262 g/mol. The van der Waals surface area contributed by atoms with E-state index in [1.165, 1.54) is 0 Å². The topological polar surface area (TPSA) is 49.6 Å². The molecule has 0 aliphatic rings. The lowest BCUT2D eigenvalue weighted by molar-refractivity contribution is -0.130. The Morgan fingerprint density at radius 3 is 2.58 bits per heavy atom. The van der Waals surface area contributed by atoms with Crippen molar-refractivity contribution in [2.45, 2.75) is 19.9 Å². The van der Waals surface area contributed by atoms with Crippen molar-refractivity contribution < 1.29 is 4.79 Å². The first-order valence-electron chi connectivity index (χ1n) is 6.40. The molecule has 0 aliphatic heterocycles. The Kier molecular flexibility index (Phi) is 6.12. The molecule has 0 heterocycles. The maximum atomic E-state index is 11.8. The number of carbonyl (C=O) groups excluding carboxylic acids is 1. The first kappa shape index (κ1) is 15.8. The highest BCUT2D eigenvalue weighted by atomic mass is 35.5. The zero-order chi connectivity index (χ0) is 14.4. The van der Waals surface area contributed by atoms with Gasteiger partial charge in [-0.1, -0.05) is 24.6 Å². The van der Waals surface area contributed by atoms with Crippen molar-refractivity contribution in [3.8, 4) is 0 Å². The lowest BCUT2D eigenvalue weighted by Gasteiger charge is -2.23. The van der Waals surface area contributed by atoms with E-state index in [2.05, 4.69) is 11.8 Å². The molecule has 0 aliphatic carbocycles. The molecule has 1 aromatic carbocycles. The molecule has 5 heteroatoms. The third-order valence-electron chi connectivity index (χ3n) is 2.87. The largest absolute Gasteiger partial charge is 0.399 e. The number of likely N-dealkylation sites (N-methyl/N-ethyl adjacent to an activating group) is 1. The second-order valence-corrected chi connectivity index (χ2v) is 5.26. The van der Waals surface area contributed by atoms with E-state index in [-0.39, 0.29) is 5.91 Å². The summed E-state index contributed by atoms with van der Waals surface area (Å²) in [7, 11) is 3.53. The molecule has 19 heavy (non-hydrogen) atoms. The standard InChI is InChI=1S/C14H22ClN3O/c1-4-7-18(10-14(19)17(2)3)9-11-5-6-12(16)8-13(11)15/h5-6,8H,4,7,9-10,16H2,1-3H3. The van der Waals surface area contributed by atoms with Gasteiger partial charge in [-0.25, -0.2) is 0 Å². The summed E-state index contributed by atoms with van der Waals surface area (Å²) in [5.74, 6) is 0.0972. The fraction of sp³-hybridized carbons (Fsp3) is 0.500. The quantitative estimate of drug-likeness (QED) is 0.815. The number of nitrogen functional groups attached to an aromatic ring is 1. The van der Waals surface area contributed by atoms with Gasteiger partial charge in [0.05, 0.1) is 6.54 Å². The Balaban J connectivity index is 2.74. The highest BCUT2D eigenvalue weighted by molar-refractivity contribution is 6.31. The van der Waals surface area contributed by atoms with Crippen molar-refractivity contribution in [1.82, 2.24) is 9.80 Å². The summed E-state index contributed by atoms with van der Waals surface area (Å²) in [6.45, 7) is 4.02. The molecule has 0 bridgehead atoms. The van der Waals surface area contributed by atoms with Crippen LogP contribution in [0.2, 0.25) is 5.02 Å². The third kappa shape index (κ3) is 5.09. The predicted octanol–water partition coefficient (Wildman–Crippen LogP) is 2.22. The van der Waals surface area contributed by atoms with Crippen molar-refractivity contribution in [3.63, 3.8) is 0 Å². The number of hydrogen-bond acceptors (Lipinski definition) is 3. The molecule has 0 atom stereocenters. The summed E-state index contributed by atoms with van der Waals surface area (Å²) < 4.78 is 0. The lowest BCUT2D eigenvalue weighted by Crippen LogP contribution is -2.36. The average molecular weight is 284 g/mol. The fourth-order valence-corrected chi connectivity index (χ4v) is 2.04. The van der Waals surface area contributed by atoms with Crippen molar-refractivity contribution in [2.75, 3.05) is 32.9 Å². The van der Waals surface area contributed by atoms with Crippen LogP contribution >= 0.6 is 11.6 Å². The summed E-state index contributed by atoms with van der Waals surface area (Å²) >= 11 is 6.17. The second-order valence-electron chi connectivity index (χ2n) is 4.85. The molecular formula is C14H22ClN3O.